The summed E-state index contributed by atoms with van der Waals surface area (Å²) in [5.74, 6) is -1.03. The van der Waals surface area contributed by atoms with E-state index in [1.54, 1.807) is 18.2 Å². The highest BCUT2D eigenvalue weighted by Crippen LogP contribution is 2.45. The molecule has 0 fully saturated rings. The number of hydrogen-bond donors (Lipinski definition) is 2. The number of carbonyl (C=O) groups is 1. The second-order valence-electron chi connectivity index (χ2n) is 4.65. The molecule has 2 aromatic carbocycles. The van der Waals surface area contributed by atoms with Crippen molar-refractivity contribution in [1.29, 1.82) is 0 Å². The Hall–Kier alpha value is -2.81. The Bertz CT molecular complexity index is 828. The fourth-order valence-electron chi connectivity index (χ4n) is 2.85. The molecule has 0 spiro atoms. The van der Waals surface area contributed by atoms with Crippen molar-refractivity contribution in [3.63, 3.8) is 0 Å². The molecular weight excluding hydrogens is 250 g/mol. The van der Waals surface area contributed by atoms with Crippen molar-refractivity contribution in [2.75, 3.05) is 5.73 Å². The number of benzene rings is 2. The summed E-state index contributed by atoms with van der Waals surface area (Å²) in [5, 5.41) is 11.0. The van der Waals surface area contributed by atoms with Gasteiger partial charge in [-0.05, 0) is 33.7 Å². The second kappa shape index (κ2) is 4.10. The zero-order valence-electron chi connectivity index (χ0n) is 10.8. The summed E-state index contributed by atoms with van der Waals surface area (Å²) < 4.78 is 0. The molecular formula is C17H13NO2. The van der Waals surface area contributed by atoms with Gasteiger partial charge in [-0.3, -0.25) is 0 Å². The van der Waals surface area contributed by atoms with Crippen LogP contribution in [0.15, 0.2) is 49.6 Å². The molecule has 0 aliphatic heterocycles. The topological polar surface area (TPSA) is 63.3 Å². The number of hydrogen-bond acceptors (Lipinski definition) is 2. The van der Waals surface area contributed by atoms with Gasteiger partial charge in [0.15, 0.2) is 0 Å². The van der Waals surface area contributed by atoms with Gasteiger partial charge in [0.1, 0.15) is 0 Å². The van der Waals surface area contributed by atoms with E-state index < -0.39 is 5.97 Å². The quantitative estimate of drug-likeness (QED) is 0.829. The van der Waals surface area contributed by atoms with Crippen LogP contribution in [0.25, 0.3) is 21.9 Å². The van der Waals surface area contributed by atoms with E-state index in [1.807, 2.05) is 18.2 Å². The van der Waals surface area contributed by atoms with Crippen LogP contribution in [-0.4, -0.2) is 11.1 Å². The van der Waals surface area contributed by atoms with Crippen molar-refractivity contribution >= 4 is 33.6 Å². The molecule has 3 heteroatoms. The molecule has 98 valence electrons. The molecule has 0 saturated carbocycles. The van der Waals surface area contributed by atoms with Gasteiger partial charge in [-0.15, -0.1) is 0 Å². The molecule has 2 aromatic rings. The van der Waals surface area contributed by atoms with Crippen molar-refractivity contribution in [3.05, 3.63) is 66.3 Å². The van der Waals surface area contributed by atoms with Crippen molar-refractivity contribution < 1.29 is 9.90 Å². The van der Waals surface area contributed by atoms with E-state index in [-0.39, 0.29) is 5.56 Å². The Morgan fingerprint density at radius 2 is 1.80 bits per heavy atom. The molecule has 1 aliphatic carbocycles. The summed E-state index contributed by atoms with van der Waals surface area (Å²) in [4.78, 5) is 11.4. The summed E-state index contributed by atoms with van der Waals surface area (Å²) in [6.07, 6.45) is 3.50. The summed E-state index contributed by atoms with van der Waals surface area (Å²) in [5.41, 5.74) is 10.2. The third kappa shape index (κ3) is 1.37. The molecule has 0 radical (unpaired) electrons. The lowest BCUT2D eigenvalue weighted by atomic mass is 9.96. The zero-order chi connectivity index (χ0) is 14.4. The largest absolute Gasteiger partial charge is 0.478 e. The van der Waals surface area contributed by atoms with Crippen LogP contribution in [0.4, 0.5) is 5.69 Å². The molecule has 3 nitrogen and oxygen atoms in total. The van der Waals surface area contributed by atoms with Crippen LogP contribution in [0.2, 0.25) is 0 Å². The molecule has 3 N–H and O–H groups in total. The number of nitrogen functional groups attached to an aromatic ring is 1. The highest BCUT2D eigenvalue weighted by molar-refractivity contribution is 6.22. The van der Waals surface area contributed by atoms with Gasteiger partial charge in [0.05, 0.1) is 11.3 Å². The summed E-state index contributed by atoms with van der Waals surface area (Å²) in [7, 11) is 0. The van der Waals surface area contributed by atoms with E-state index in [2.05, 4.69) is 13.2 Å². The number of carboxylic acids is 1. The average molecular weight is 263 g/mol. The monoisotopic (exact) mass is 263 g/mol. The molecule has 0 amide bonds. The van der Waals surface area contributed by atoms with Gasteiger partial charge in [-0.25, -0.2) is 4.79 Å². The Labute approximate surface area is 116 Å². The van der Waals surface area contributed by atoms with Gasteiger partial charge in [0, 0.05) is 5.39 Å². The predicted octanol–water partition coefficient (Wildman–Crippen LogP) is 3.72. The molecule has 3 rings (SSSR count). The third-order valence-corrected chi connectivity index (χ3v) is 3.71. The number of aromatic carboxylic acids is 1. The molecule has 0 bridgehead atoms. The van der Waals surface area contributed by atoms with Crippen LogP contribution in [0.1, 0.15) is 21.5 Å². The van der Waals surface area contributed by atoms with Crippen LogP contribution in [-0.2, 0) is 0 Å². The molecule has 0 saturated heterocycles. The molecule has 0 heterocycles. The normalized spacial score (nSPS) is 12.8. The fourth-order valence-corrected chi connectivity index (χ4v) is 2.85. The molecule has 0 aromatic heterocycles. The van der Waals surface area contributed by atoms with Gasteiger partial charge >= 0.3 is 5.97 Å². The van der Waals surface area contributed by atoms with Crippen LogP contribution < -0.4 is 5.73 Å². The Balaban J connectivity index is 2.55. The lowest BCUT2D eigenvalue weighted by Gasteiger charge is -2.09. The standard InChI is InChI=1S/C17H13NO2/c1-3-9-10(4-2)13-8-14(17(19)20)16(18)12-7-5-6-11(9)15(12)13/h3-8H,1-2,18H2,(H,19,20). The maximum absolute atomic E-state index is 11.4. The summed E-state index contributed by atoms with van der Waals surface area (Å²) >= 11 is 0. The van der Waals surface area contributed by atoms with Crippen LogP contribution in [0.5, 0.6) is 0 Å². The van der Waals surface area contributed by atoms with Gasteiger partial charge in [-0.2, -0.15) is 0 Å². The molecule has 0 atom stereocenters. The lowest BCUT2D eigenvalue weighted by Crippen LogP contribution is -2.04. The first kappa shape index (κ1) is 12.2. The first-order valence-corrected chi connectivity index (χ1v) is 6.18. The number of rotatable bonds is 3. The molecule has 0 unspecified atom stereocenters. The zero-order valence-corrected chi connectivity index (χ0v) is 10.8. The lowest BCUT2D eigenvalue weighted by molar-refractivity contribution is 0.0698. The Morgan fingerprint density at radius 1 is 1.15 bits per heavy atom. The number of nitrogens with two attached hydrogens (primary N) is 1. The highest BCUT2D eigenvalue weighted by Gasteiger charge is 2.24. The minimum atomic E-state index is -1.03. The second-order valence-corrected chi connectivity index (χ2v) is 4.65. The van der Waals surface area contributed by atoms with Crippen molar-refractivity contribution in [3.8, 4) is 0 Å². The number of carboxylic acid groups (broad SMARTS) is 1. The van der Waals surface area contributed by atoms with E-state index in [1.165, 1.54) is 0 Å². The van der Waals surface area contributed by atoms with Crippen molar-refractivity contribution in [2.24, 2.45) is 0 Å². The smallest absolute Gasteiger partial charge is 0.337 e. The first-order chi connectivity index (χ1) is 9.60. The Morgan fingerprint density at radius 3 is 2.40 bits per heavy atom. The van der Waals surface area contributed by atoms with E-state index >= 15 is 0 Å². The fraction of sp³-hybridized carbons (Fsp3) is 0. The van der Waals surface area contributed by atoms with Crippen LogP contribution >= 0.6 is 0 Å². The minimum Gasteiger partial charge on any atom is -0.478 e. The molecule has 1 aliphatic rings. The van der Waals surface area contributed by atoms with Crippen molar-refractivity contribution in [2.45, 2.75) is 0 Å². The van der Waals surface area contributed by atoms with Crippen LogP contribution in [0.3, 0.4) is 0 Å². The maximum atomic E-state index is 11.4. The first-order valence-electron chi connectivity index (χ1n) is 6.18. The minimum absolute atomic E-state index is 0.120. The number of allylic oxidation sites excluding steroid dienone is 4. The predicted molar refractivity (Wildman–Crippen MR) is 82.5 cm³/mol. The Kier molecular flexibility index (Phi) is 2.51. The van der Waals surface area contributed by atoms with E-state index in [0.29, 0.717) is 5.69 Å². The molecule has 20 heavy (non-hydrogen) atoms. The maximum Gasteiger partial charge on any atom is 0.337 e. The van der Waals surface area contributed by atoms with Gasteiger partial charge in [0.2, 0.25) is 0 Å². The van der Waals surface area contributed by atoms with E-state index in [0.717, 1.165) is 33.0 Å². The highest BCUT2D eigenvalue weighted by atomic mass is 16.4. The third-order valence-electron chi connectivity index (χ3n) is 3.71. The van der Waals surface area contributed by atoms with E-state index in [4.69, 9.17) is 5.73 Å². The number of anilines is 1. The van der Waals surface area contributed by atoms with Gasteiger partial charge in [0.25, 0.3) is 0 Å². The van der Waals surface area contributed by atoms with Crippen LogP contribution in [0, 0.1) is 0 Å². The van der Waals surface area contributed by atoms with E-state index in [9.17, 15) is 9.90 Å². The average Bonchev–Trinajstić information content (AvgIpc) is 2.76. The van der Waals surface area contributed by atoms with Crippen molar-refractivity contribution in [1.82, 2.24) is 0 Å². The summed E-state index contributed by atoms with van der Waals surface area (Å²) in [6.45, 7) is 7.66. The van der Waals surface area contributed by atoms with Gasteiger partial charge < -0.3 is 10.8 Å². The van der Waals surface area contributed by atoms with Gasteiger partial charge in [-0.1, -0.05) is 43.5 Å². The SMILES string of the molecule is C=CC1=C(C=C)c2cc(C(=O)O)c(N)c3cccc1c23. The summed E-state index contributed by atoms with van der Waals surface area (Å²) in [6, 6.07) is 7.33.